The van der Waals surface area contributed by atoms with E-state index in [0.29, 0.717) is 0 Å². The molecule has 0 bridgehead atoms. The van der Waals surface area contributed by atoms with Crippen molar-refractivity contribution in [2.75, 3.05) is 7.11 Å². The lowest BCUT2D eigenvalue weighted by molar-refractivity contribution is -0.145. The third-order valence-corrected chi connectivity index (χ3v) is 1.52. The van der Waals surface area contributed by atoms with Crippen LogP contribution < -0.4 is 5.73 Å². The molecule has 0 saturated heterocycles. The molecule has 66 valence electrons. The molecule has 0 rings (SSSR count). The molecule has 4 heteroatoms. The molecule has 0 amide bonds. The summed E-state index contributed by atoms with van der Waals surface area (Å²) < 4.78 is 4.36. The zero-order valence-electron chi connectivity index (χ0n) is 7.07. The number of ether oxygens (including phenoxy) is 1. The fourth-order valence-corrected chi connectivity index (χ4v) is 0.690. The Labute approximate surface area is 66.3 Å². The second-order valence-electron chi connectivity index (χ2n) is 2.78. The number of carbonyl (C=O) groups is 1. The van der Waals surface area contributed by atoms with Gasteiger partial charge in [0, 0.05) is 0 Å². The summed E-state index contributed by atoms with van der Waals surface area (Å²) in [5.74, 6) is -0.615. The summed E-state index contributed by atoms with van der Waals surface area (Å²) in [5.41, 5.74) is 5.35. The molecule has 11 heavy (non-hydrogen) atoms. The van der Waals surface area contributed by atoms with Crippen molar-refractivity contribution in [2.45, 2.75) is 26.0 Å². The van der Waals surface area contributed by atoms with Gasteiger partial charge >= 0.3 is 5.97 Å². The van der Waals surface area contributed by atoms with Crippen LogP contribution in [0.3, 0.4) is 0 Å². The highest BCUT2D eigenvalue weighted by atomic mass is 16.5. The molecule has 2 atom stereocenters. The predicted octanol–water partition coefficient (Wildman–Crippen LogP) is -0.496. The smallest absolute Gasteiger partial charge is 0.325 e. The Bertz CT molecular complexity index is 136. The van der Waals surface area contributed by atoms with Gasteiger partial charge in [-0.25, -0.2) is 0 Å². The Morgan fingerprint density at radius 1 is 1.55 bits per heavy atom. The highest BCUT2D eigenvalue weighted by Gasteiger charge is 2.25. The van der Waals surface area contributed by atoms with Crippen LogP contribution in [0.25, 0.3) is 0 Å². The second-order valence-corrected chi connectivity index (χ2v) is 2.78. The van der Waals surface area contributed by atoms with Crippen molar-refractivity contribution in [1.82, 2.24) is 0 Å². The molecule has 0 saturated carbocycles. The molecule has 0 aliphatic carbocycles. The highest BCUT2D eigenvalue weighted by Crippen LogP contribution is 2.05. The summed E-state index contributed by atoms with van der Waals surface area (Å²) >= 11 is 0. The SMILES string of the molecule is COC(=O)C(N)C(O)C(C)C. The van der Waals surface area contributed by atoms with E-state index in [1.807, 2.05) is 0 Å². The van der Waals surface area contributed by atoms with Crippen LogP contribution in [0.5, 0.6) is 0 Å². The number of methoxy groups -OCH3 is 1. The molecule has 0 fully saturated rings. The molecule has 0 radical (unpaired) electrons. The summed E-state index contributed by atoms with van der Waals surface area (Å²) in [7, 11) is 1.25. The number of hydrogen-bond donors (Lipinski definition) is 2. The first kappa shape index (κ1) is 10.4. The molecular weight excluding hydrogens is 146 g/mol. The Balaban J connectivity index is 4.01. The lowest BCUT2D eigenvalue weighted by Gasteiger charge is -2.19. The second kappa shape index (κ2) is 4.31. The minimum absolute atomic E-state index is 0.0379. The van der Waals surface area contributed by atoms with Crippen LogP contribution in [0.1, 0.15) is 13.8 Å². The maximum atomic E-state index is 10.8. The van der Waals surface area contributed by atoms with Gasteiger partial charge in [-0.2, -0.15) is 0 Å². The van der Waals surface area contributed by atoms with Crippen LogP contribution in [0, 0.1) is 5.92 Å². The molecule has 0 aromatic carbocycles. The number of rotatable bonds is 3. The van der Waals surface area contributed by atoms with E-state index in [9.17, 15) is 9.90 Å². The van der Waals surface area contributed by atoms with Gasteiger partial charge in [-0.1, -0.05) is 13.8 Å². The van der Waals surface area contributed by atoms with E-state index >= 15 is 0 Å². The minimum Gasteiger partial charge on any atom is -0.468 e. The maximum Gasteiger partial charge on any atom is 0.325 e. The topological polar surface area (TPSA) is 72.5 Å². The van der Waals surface area contributed by atoms with E-state index in [0.717, 1.165) is 0 Å². The third kappa shape index (κ3) is 2.86. The lowest BCUT2D eigenvalue weighted by atomic mass is 10.0. The zero-order chi connectivity index (χ0) is 9.02. The van der Waals surface area contributed by atoms with Crippen LogP contribution in [0.2, 0.25) is 0 Å². The molecule has 0 aliphatic heterocycles. The molecular formula is C7H15NO3. The number of aliphatic hydroxyl groups excluding tert-OH is 1. The summed E-state index contributed by atoms with van der Waals surface area (Å²) in [4.78, 5) is 10.8. The van der Waals surface area contributed by atoms with Crippen LogP contribution >= 0.6 is 0 Å². The largest absolute Gasteiger partial charge is 0.468 e. The van der Waals surface area contributed by atoms with E-state index in [-0.39, 0.29) is 5.92 Å². The van der Waals surface area contributed by atoms with Crippen molar-refractivity contribution in [2.24, 2.45) is 11.7 Å². The van der Waals surface area contributed by atoms with Gasteiger partial charge < -0.3 is 15.6 Å². The fourth-order valence-electron chi connectivity index (χ4n) is 0.690. The van der Waals surface area contributed by atoms with Gasteiger partial charge in [0.1, 0.15) is 6.04 Å². The summed E-state index contributed by atoms with van der Waals surface area (Å²) in [6.07, 6.45) is -0.831. The number of esters is 1. The number of nitrogens with two attached hydrogens (primary N) is 1. The monoisotopic (exact) mass is 161 g/mol. The van der Waals surface area contributed by atoms with Gasteiger partial charge in [0.25, 0.3) is 0 Å². The van der Waals surface area contributed by atoms with E-state index in [4.69, 9.17) is 5.73 Å². The Morgan fingerprint density at radius 3 is 2.27 bits per heavy atom. The lowest BCUT2D eigenvalue weighted by Crippen LogP contribution is -2.45. The molecule has 3 N–H and O–H groups in total. The van der Waals surface area contributed by atoms with Gasteiger partial charge in [-0.05, 0) is 5.92 Å². The summed E-state index contributed by atoms with van der Waals surface area (Å²) in [6, 6.07) is -0.931. The van der Waals surface area contributed by atoms with Crippen molar-refractivity contribution in [3.05, 3.63) is 0 Å². The van der Waals surface area contributed by atoms with Crippen molar-refractivity contribution in [3.63, 3.8) is 0 Å². The summed E-state index contributed by atoms with van der Waals surface area (Å²) in [6.45, 7) is 3.57. The van der Waals surface area contributed by atoms with Crippen molar-refractivity contribution >= 4 is 5.97 Å². The molecule has 0 aromatic rings. The Hall–Kier alpha value is -0.610. The Morgan fingerprint density at radius 2 is 2.00 bits per heavy atom. The van der Waals surface area contributed by atoms with E-state index in [2.05, 4.69) is 4.74 Å². The quantitative estimate of drug-likeness (QED) is 0.547. The van der Waals surface area contributed by atoms with Crippen molar-refractivity contribution in [3.8, 4) is 0 Å². The predicted molar refractivity (Wildman–Crippen MR) is 40.8 cm³/mol. The minimum atomic E-state index is -0.931. The Kier molecular flexibility index (Phi) is 4.07. The molecule has 0 aromatic heterocycles. The van der Waals surface area contributed by atoms with E-state index in [1.165, 1.54) is 7.11 Å². The van der Waals surface area contributed by atoms with Crippen LogP contribution in [-0.4, -0.2) is 30.3 Å². The number of carbonyl (C=O) groups excluding carboxylic acids is 1. The zero-order valence-corrected chi connectivity index (χ0v) is 7.07. The molecule has 0 aliphatic rings. The van der Waals surface area contributed by atoms with Crippen LogP contribution in [0.15, 0.2) is 0 Å². The van der Waals surface area contributed by atoms with Gasteiger partial charge in [-0.15, -0.1) is 0 Å². The van der Waals surface area contributed by atoms with Gasteiger partial charge in [0.2, 0.25) is 0 Å². The molecule has 2 unspecified atom stereocenters. The van der Waals surface area contributed by atoms with Crippen molar-refractivity contribution in [1.29, 1.82) is 0 Å². The molecule has 0 spiro atoms. The van der Waals surface area contributed by atoms with E-state index < -0.39 is 18.1 Å². The van der Waals surface area contributed by atoms with Crippen LogP contribution in [0.4, 0.5) is 0 Å². The van der Waals surface area contributed by atoms with Gasteiger partial charge in [-0.3, -0.25) is 4.79 Å². The first-order valence-corrected chi connectivity index (χ1v) is 3.52. The average molecular weight is 161 g/mol. The standard InChI is InChI=1S/C7H15NO3/c1-4(2)6(9)5(8)7(10)11-3/h4-6,9H,8H2,1-3H3. The maximum absolute atomic E-state index is 10.8. The number of hydrogen-bond acceptors (Lipinski definition) is 4. The van der Waals surface area contributed by atoms with Gasteiger partial charge in [0.05, 0.1) is 13.2 Å². The fraction of sp³-hybridized carbons (Fsp3) is 0.857. The van der Waals surface area contributed by atoms with Crippen LogP contribution in [-0.2, 0) is 9.53 Å². The average Bonchev–Trinajstić information content (AvgIpc) is 2.00. The van der Waals surface area contributed by atoms with Crippen molar-refractivity contribution < 1.29 is 14.6 Å². The number of aliphatic hydroxyl groups is 1. The highest BCUT2D eigenvalue weighted by molar-refractivity contribution is 5.76. The van der Waals surface area contributed by atoms with Gasteiger partial charge in [0.15, 0.2) is 0 Å². The van der Waals surface area contributed by atoms with E-state index in [1.54, 1.807) is 13.8 Å². The first-order valence-electron chi connectivity index (χ1n) is 3.52. The normalized spacial score (nSPS) is 16.2. The molecule has 4 nitrogen and oxygen atoms in total. The summed E-state index contributed by atoms with van der Waals surface area (Å²) in [5, 5.41) is 9.27. The first-order chi connectivity index (χ1) is 5.00. The third-order valence-electron chi connectivity index (χ3n) is 1.52. The molecule has 0 heterocycles.